The van der Waals surface area contributed by atoms with Gasteiger partial charge in [0, 0.05) is 17.8 Å². The average Bonchev–Trinajstić information content (AvgIpc) is 2.63. The van der Waals surface area contributed by atoms with Crippen molar-refractivity contribution >= 4 is 11.8 Å². The Morgan fingerprint density at radius 2 is 2.08 bits per heavy atom. The molecule has 3 heteroatoms. The fraction of sp³-hybridized carbons (Fsp3) is 1.00. The Morgan fingerprint density at radius 3 is 2.67 bits per heavy atom. The number of rotatable bonds is 2. The van der Waals surface area contributed by atoms with E-state index in [9.17, 15) is 4.39 Å². The fourth-order valence-corrected chi connectivity index (χ4v) is 3.24. The summed E-state index contributed by atoms with van der Waals surface area (Å²) >= 11 is 2.01. The predicted octanol–water partition coefficient (Wildman–Crippen LogP) is 1.97. The van der Waals surface area contributed by atoms with Gasteiger partial charge >= 0.3 is 0 Å². The molecule has 0 aromatic carbocycles. The zero-order valence-electron chi connectivity index (χ0n) is 7.26. The first-order valence-electron chi connectivity index (χ1n) is 4.82. The van der Waals surface area contributed by atoms with Crippen molar-refractivity contribution in [3.05, 3.63) is 0 Å². The molecule has 3 atom stereocenters. The van der Waals surface area contributed by atoms with Gasteiger partial charge in [-0.3, -0.25) is 0 Å². The van der Waals surface area contributed by atoms with Crippen LogP contribution in [0.1, 0.15) is 25.7 Å². The van der Waals surface area contributed by atoms with Gasteiger partial charge in [-0.05, 0) is 31.4 Å². The maximum absolute atomic E-state index is 12.8. The second-order valence-electron chi connectivity index (χ2n) is 3.83. The second kappa shape index (κ2) is 3.97. The molecular weight excluding hydrogens is 173 g/mol. The third kappa shape index (κ3) is 2.13. The van der Waals surface area contributed by atoms with Crippen LogP contribution in [0, 0.1) is 0 Å². The van der Waals surface area contributed by atoms with Crippen molar-refractivity contribution in [1.29, 1.82) is 0 Å². The van der Waals surface area contributed by atoms with Crippen LogP contribution in [0.25, 0.3) is 0 Å². The van der Waals surface area contributed by atoms with Crippen LogP contribution < -0.4 is 5.32 Å². The summed E-state index contributed by atoms with van der Waals surface area (Å²) in [5.41, 5.74) is 0. The van der Waals surface area contributed by atoms with Gasteiger partial charge in [-0.2, -0.15) is 11.8 Å². The molecule has 2 fully saturated rings. The van der Waals surface area contributed by atoms with Crippen LogP contribution in [0.3, 0.4) is 0 Å². The van der Waals surface area contributed by atoms with E-state index in [1.807, 2.05) is 11.8 Å². The molecule has 2 aliphatic rings. The summed E-state index contributed by atoms with van der Waals surface area (Å²) in [6.45, 7) is 0. The minimum Gasteiger partial charge on any atom is -0.310 e. The van der Waals surface area contributed by atoms with Gasteiger partial charge < -0.3 is 5.32 Å². The van der Waals surface area contributed by atoms with E-state index < -0.39 is 6.17 Å². The molecule has 12 heavy (non-hydrogen) atoms. The Hall–Kier alpha value is 0.240. The molecule has 1 heterocycles. The van der Waals surface area contributed by atoms with Crippen LogP contribution in [-0.2, 0) is 0 Å². The predicted molar refractivity (Wildman–Crippen MR) is 51.4 cm³/mol. The third-order valence-electron chi connectivity index (χ3n) is 2.77. The molecule has 0 amide bonds. The van der Waals surface area contributed by atoms with E-state index in [1.54, 1.807) is 0 Å². The third-order valence-corrected chi connectivity index (χ3v) is 3.93. The first-order valence-corrected chi connectivity index (χ1v) is 5.98. The van der Waals surface area contributed by atoms with Gasteiger partial charge in [-0.25, -0.2) is 4.39 Å². The quantitative estimate of drug-likeness (QED) is 0.713. The maximum atomic E-state index is 12.8. The summed E-state index contributed by atoms with van der Waals surface area (Å²) in [5.74, 6) is 2.51. The number of nitrogens with one attached hydrogen (secondary N) is 1. The second-order valence-corrected chi connectivity index (χ2v) is 4.98. The highest BCUT2D eigenvalue weighted by atomic mass is 32.2. The number of alkyl halides is 1. The molecule has 70 valence electrons. The molecule has 0 bridgehead atoms. The van der Waals surface area contributed by atoms with E-state index in [0.717, 1.165) is 19.3 Å². The van der Waals surface area contributed by atoms with E-state index >= 15 is 0 Å². The summed E-state index contributed by atoms with van der Waals surface area (Å²) < 4.78 is 12.8. The normalized spacial score (nSPS) is 42.2. The van der Waals surface area contributed by atoms with Crippen LogP contribution >= 0.6 is 11.8 Å². The summed E-state index contributed by atoms with van der Waals surface area (Å²) in [7, 11) is 0. The van der Waals surface area contributed by atoms with Gasteiger partial charge in [0.05, 0.1) is 0 Å². The number of hydrogen-bond acceptors (Lipinski definition) is 2. The molecule has 1 aliphatic carbocycles. The Bertz CT molecular complexity index is 147. The zero-order chi connectivity index (χ0) is 8.39. The standard InChI is InChI=1S/C9H16FNS/c10-7-1-2-8(5-7)11-9-3-4-12-6-9/h7-9,11H,1-6H2. The Morgan fingerprint density at radius 1 is 1.17 bits per heavy atom. The SMILES string of the molecule is FC1CCC(NC2CCSC2)C1. The van der Waals surface area contributed by atoms with E-state index in [4.69, 9.17) is 0 Å². The lowest BCUT2D eigenvalue weighted by Gasteiger charge is -2.17. The van der Waals surface area contributed by atoms with Gasteiger partial charge in [0.15, 0.2) is 0 Å². The van der Waals surface area contributed by atoms with Crippen LogP contribution in [-0.4, -0.2) is 29.8 Å². The largest absolute Gasteiger partial charge is 0.310 e. The first-order chi connectivity index (χ1) is 5.84. The molecule has 0 aromatic heterocycles. The molecule has 3 unspecified atom stereocenters. The highest BCUT2D eigenvalue weighted by Crippen LogP contribution is 2.24. The molecule has 1 nitrogen and oxygen atoms in total. The zero-order valence-corrected chi connectivity index (χ0v) is 8.08. The fourth-order valence-electron chi connectivity index (χ4n) is 2.08. The van der Waals surface area contributed by atoms with Crippen molar-refractivity contribution in [1.82, 2.24) is 5.32 Å². The highest BCUT2D eigenvalue weighted by Gasteiger charge is 2.27. The molecule has 1 aliphatic heterocycles. The minimum absolute atomic E-state index is 0.476. The van der Waals surface area contributed by atoms with Gasteiger partial charge in [-0.15, -0.1) is 0 Å². The molecule has 1 saturated heterocycles. The lowest BCUT2D eigenvalue weighted by Crippen LogP contribution is -2.36. The van der Waals surface area contributed by atoms with Crippen LogP contribution in [0.4, 0.5) is 4.39 Å². The van der Waals surface area contributed by atoms with Crippen molar-refractivity contribution in [2.75, 3.05) is 11.5 Å². The maximum Gasteiger partial charge on any atom is 0.102 e. The number of halogens is 1. The summed E-state index contributed by atoms with van der Waals surface area (Å²) in [4.78, 5) is 0. The topological polar surface area (TPSA) is 12.0 Å². The molecule has 0 aromatic rings. The highest BCUT2D eigenvalue weighted by molar-refractivity contribution is 7.99. The molecule has 0 radical (unpaired) electrons. The first kappa shape index (κ1) is 8.82. The van der Waals surface area contributed by atoms with Crippen molar-refractivity contribution < 1.29 is 4.39 Å². The molecule has 1 N–H and O–H groups in total. The van der Waals surface area contributed by atoms with Crippen molar-refractivity contribution in [2.24, 2.45) is 0 Å². The van der Waals surface area contributed by atoms with E-state index in [1.165, 1.54) is 17.9 Å². The van der Waals surface area contributed by atoms with E-state index in [0.29, 0.717) is 12.1 Å². The van der Waals surface area contributed by atoms with Crippen LogP contribution in [0.5, 0.6) is 0 Å². The van der Waals surface area contributed by atoms with Crippen LogP contribution in [0.2, 0.25) is 0 Å². The van der Waals surface area contributed by atoms with Crippen molar-refractivity contribution in [3.8, 4) is 0 Å². The van der Waals surface area contributed by atoms with Gasteiger partial charge in [0.2, 0.25) is 0 Å². The molecule has 0 spiro atoms. The van der Waals surface area contributed by atoms with E-state index in [-0.39, 0.29) is 0 Å². The lowest BCUT2D eigenvalue weighted by atomic mass is 10.2. The smallest absolute Gasteiger partial charge is 0.102 e. The Balaban J connectivity index is 1.72. The minimum atomic E-state index is -0.531. The Kier molecular flexibility index (Phi) is 2.92. The average molecular weight is 189 g/mol. The Labute approximate surface area is 77.5 Å². The van der Waals surface area contributed by atoms with Gasteiger partial charge in [0.1, 0.15) is 6.17 Å². The van der Waals surface area contributed by atoms with E-state index in [2.05, 4.69) is 5.32 Å². The summed E-state index contributed by atoms with van der Waals surface area (Å²) in [5, 5.41) is 3.55. The molecule has 2 rings (SSSR count). The molecule has 1 saturated carbocycles. The van der Waals surface area contributed by atoms with Gasteiger partial charge in [0.25, 0.3) is 0 Å². The number of thioether (sulfide) groups is 1. The van der Waals surface area contributed by atoms with Gasteiger partial charge in [-0.1, -0.05) is 0 Å². The summed E-state index contributed by atoms with van der Waals surface area (Å²) in [6, 6.07) is 1.15. The molecular formula is C9H16FNS. The summed E-state index contributed by atoms with van der Waals surface area (Å²) in [6.07, 6.45) is 3.32. The lowest BCUT2D eigenvalue weighted by molar-refractivity contribution is 0.330. The van der Waals surface area contributed by atoms with Crippen molar-refractivity contribution in [2.45, 2.75) is 43.9 Å². The monoisotopic (exact) mass is 189 g/mol. The number of hydrogen-bond donors (Lipinski definition) is 1. The van der Waals surface area contributed by atoms with Crippen LogP contribution in [0.15, 0.2) is 0 Å². The van der Waals surface area contributed by atoms with Crippen molar-refractivity contribution in [3.63, 3.8) is 0 Å².